The largest absolute Gasteiger partial charge is 0.334 e. The highest BCUT2D eigenvalue weighted by Gasteiger charge is 2.21. The Labute approximate surface area is 181 Å². The van der Waals surface area contributed by atoms with Gasteiger partial charge < -0.3 is 10.6 Å². The van der Waals surface area contributed by atoms with E-state index in [1.54, 1.807) is 30.6 Å². The second kappa shape index (κ2) is 8.23. The van der Waals surface area contributed by atoms with E-state index in [2.05, 4.69) is 25.6 Å². The van der Waals surface area contributed by atoms with E-state index in [0.717, 1.165) is 40.9 Å². The fraction of sp³-hybridized carbons (Fsp3) is 0.130. The van der Waals surface area contributed by atoms with Crippen molar-refractivity contribution in [1.29, 1.82) is 0 Å². The average Bonchev–Trinajstić information content (AvgIpc) is 3.40. The predicted octanol–water partition coefficient (Wildman–Crippen LogP) is 5.13. The van der Waals surface area contributed by atoms with Crippen molar-refractivity contribution in [2.75, 3.05) is 5.32 Å². The molecule has 0 fully saturated rings. The van der Waals surface area contributed by atoms with Crippen LogP contribution < -0.4 is 10.6 Å². The number of hydrogen-bond donors (Lipinski definition) is 2. The van der Waals surface area contributed by atoms with Crippen LogP contribution in [0.15, 0.2) is 72.3 Å². The number of carbonyl (C=O) groups excluding carboxylic acids is 1. The van der Waals surface area contributed by atoms with E-state index in [4.69, 9.17) is 0 Å². The molecule has 0 saturated carbocycles. The molecule has 1 aliphatic carbocycles. The smallest absolute Gasteiger partial charge is 0.256 e. The van der Waals surface area contributed by atoms with Crippen molar-refractivity contribution in [3.05, 3.63) is 83.7 Å². The Morgan fingerprint density at radius 1 is 1.00 bits per heavy atom. The van der Waals surface area contributed by atoms with Gasteiger partial charge in [0.15, 0.2) is 11.0 Å². The highest BCUT2D eigenvalue weighted by molar-refractivity contribution is 7.22. The van der Waals surface area contributed by atoms with Crippen LogP contribution in [0, 0.1) is 5.82 Å². The molecule has 5 rings (SSSR count). The summed E-state index contributed by atoms with van der Waals surface area (Å²) in [6.45, 7) is 0. The van der Waals surface area contributed by atoms with Gasteiger partial charge >= 0.3 is 0 Å². The van der Waals surface area contributed by atoms with E-state index in [9.17, 15) is 9.18 Å². The van der Waals surface area contributed by atoms with Gasteiger partial charge in [-0.05, 0) is 49.6 Å². The van der Waals surface area contributed by atoms with Gasteiger partial charge in [-0.3, -0.25) is 4.79 Å². The number of carbonyl (C=O) groups is 1. The number of hydrogen-bond acceptors (Lipinski definition) is 6. The van der Waals surface area contributed by atoms with Gasteiger partial charge in [0.2, 0.25) is 0 Å². The van der Waals surface area contributed by atoms with Crippen molar-refractivity contribution in [3.8, 4) is 11.4 Å². The quantitative estimate of drug-likeness (QED) is 0.458. The number of nitrogens with one attached hydrogen (secondary N) is 2. The summed E-state index contributed by atoms with van der Waals surface area (Å²) < 4.78 is 14.2. The minimum atomic E-state index is -0.281. The SMILES string of the molecule is O=C(NC1=C(Nc2nc3ccc(F)cc3s2)CCC1)c1ccccc1-c1ncccn1. The number of benzene rings is 2. The van der Waals surface area contributed by atoms with E-state index in [0.29, 0.717) is 22.1 Å². The number of amides is 1. The van der Waals surface area contributed by atoms with Crippen molar-refractivity contribution in [1.82, 2.24) is 20.3 Å². The molecule has 31 heavy (non-hydrogen) atoms. The number of allylic oxidation sites excluding steroid dienone is 2. The third-order valence-electron chi connectivity index (χ3n) is 5.07. The number of rotatable bonds is 5. The number of nitrogens with zero attached hydrogens (tertiary/aromatic N) is 3. The zero-order valence-corrected chi connectivity index (χ0v) is 17.2. The van der Waals surface area contributed by atoms with Crippen LogP contribution in [0.25, 0.3) is 21.6 Å². The topological polar surface area (TPSA) is 79.8 Å². The maximum atomic E-state index is 13.5. The van der Waals surface area contributed by atoms with Crippen LogP contribution in [-0.2, 0) is 0 Å². The molecule has 8 heteroatoms. The van der Waals surface area contributed by atoms with Crippen molar-refractivity contribution in [2.45, 2.75) is 19.3 Å². The molecule has 4 aromatic rings. The molecule has 6 nitrogen and oxygen atoms in total. The second-order valence-electron chi connectivity index (χ2n) is 7.14. The third-order valence-corrected chi connectivity index (χ3v) is 6.00. The van der Waals surface area contributed by atoms with E-state index in [1.165, 1.54) is 23.5 Å². The molecule has 0 atom stereocenters. The minimum Gasteiger partial charge on any atom is -0.334 e. The van der Waals surface area contributed by atoms with Gasteiger partial charge in [0.05, 0.1) is 15.8 Å². The zero-order valence-electron chi connectivity index (χ0n) is 16.4. The number of thiazole rings is 1. The fourth-order valence-electron chi connectivity index (χ4n) is 3.62. The first-order chi connectivity index (χ1) is 15.2. The molecule has 0 spiro atoms. The highest BCUT2D eigenvalue weighted by Crippen LogP contribution is 2.31. The molecule has 2 N–H and O–H groups in total. The standard InChI is InChI=1S/C23H18FN5OS/c24-14-9-10-19-20(13-14)31-23(29-19)28-18-8-3-7-17(18)27-22(30)16-6-2-1-5-15(16)21-25-11-4-12-26-21/h1-2,4-6,9-13H,3,7-8H2,(H,27,30)(H,28,29). The number of halogens is 1. The van der Waals surface area contributed by atoms with Crippen LogP contribution in [0.4, 0.5) is 9.52 Å². The fourth-order valence-corrected chi connectivity index (χ4v) is 4.54. The molecule has 0 radical (unpaired) electrons. The number of aromatic nitrogens is 3. The molecule has 0 bridgehead atoms. The lowest BCUT2D eigenvalue weighted by atomic mass is 10.1. The predicted molar refractivity (Wildman–Crippen MR) is 119 cm³/mol. The Kier molecular flexibility index (Phi) is 5.13. The lowest BCUT2D eigenvalue weighted by molar-refractivity contribution is 0.0965. The Hall–Kier alpha value is -3.65. The molecule has 0 unspecified atom stereocenters. The summed E-state index contributed by atoms with van der Waals surface area (Å²) in [5, 5.41) is 7.07. The summed E-state index contributed by atoms with van der Waals surface area (Å²) in [6.07, 6.45) is 5.81. The molecule has 1 aliphatic rings. The lowest BCUT2D eigenvalue weighted by Gasteiger charge is -2.12. The van der Waals surface area contributed by atoms with Crippen molar-refractivity contribution < 1.29 is 9.18 Å². The zero-order chi connectivity index (χ0) is 21.2. The summed E-state index contributed by atoms with van der Waals surface area (Å²) in [5.41, 5.74) is 3.72. The summed E-state index contributed by atoms with van der Waals surface area (Å²) in [7, 11) is 0. The molecule has 0 aliphatic heterocycles. The van der Waals surface area contributed by atoms with Gasteiger partial charge in [-0.1, -0.05) is 29.5 Å². The van der Waals surface area contributed by atoms with E-state index in [-0.39, 0.29) is 11.7 Å². The first kappa shape index (κ1) is 19.3. The minimum absolute atomic E-state index is 0.203. The van der Waals surface area contributed by atoms with Gasteiger partial charge in [0, 0.05) is 29.4 Å². The Balaban J connectivity index is 1.40. The van der Waals surface area contributed by atoms with Gasteiger partial charge in [0.25, 0.3) is 5.91 Å². The number of anilines is 1. The Bertz CT molecular complexity index is 1300. The average molecular weight is 431 g/mol. The van der Waals surface area contributed by atoms with Crippen molar-refractivity contribution >= 4 is 32.6 Å². The van der Waals surface area contributed by atoms with Crippen LogP contribution in [0.5, 0.6) is 0 Å². The summed E-state index contributed by atoms with van der Waals surface area (Å²) in [4.78, 5) is 26.2. The van der Waals surface area contributed by atoms with Gasteiger partial charge in [0.1, 0.15) is 5.82 Å². The molecule has 1 amide bonds. The van der Waals surface area contributed by atoms with E-state index < -0.39 is 0 Å². The molecule has 2 heterocycles. The molecule has 2 aromatic heterocycles. The van der Waals surface area contributed by atoms with Crippen LogP contribution in [-0.4, -0.2) is 20.9 Å². The Morgan fingerprint density at radius 3 is 2.68 bits per heavy atom. The molecule has 0 saturated heterocycles. The normalized spacial score (nSPS) is 13.6. The molecular formula is C23H18FN5OS. The van der Waals surface area contributed by atoms with Crippen LogP contribution in [0.3, 0.4) is 0 Å². The lowest BCUT2D eigenvalue weighted by Crippen LogP contribution is -2.24. The van der Waals surface area contributed by atoms with Crippen LogP contribution in [0.1, 0.15) is 29.6 Å². The monoisotopic (exact) mass is 431 g/mol. The second-order valence-corrected chi connectivity index (χ2v) is 8.17. The van der Waals surface area contributed by atoms with Crippen molar-refractivity contribution in [3.63, 3.8) is 0 Å². The summed E-state index contributed by atoms with van der Waals surface area (Å²) in [5.74, 6) is 0.0242. The number of fused-ring (bicyclic) bond motifs is 1. The Morgan fingerprint density at radius 2 is 1.81 bits per heavy atom. The maximum absolute atomic E-state index is 13.5. The highest BCUT2D eigenvalue weighted by atomic mass is 32.1. The van der Waals surface area contributed by atoms with Gasteiger partial charge in [-0.15, -0.1) is 0 Å². The van der Waals surface area contributed by atoms with Gasteiger partial charge in [-0.2, -0.15) is 0 Å². The van der Waals surface area contributed by atoms with Crippen LogP contribution >= 0.6 is 11.3 Å². The third kappa shape index (κ3) is 4.02. The first-order valence-electron chi connectivity index (χ1n) is 9.90. The summed E-state index contributed by atoms with van der Waals surface area (Å²) in [6, 6.07) is 13.6. The van der Waals surface area contributed by atoms with Crippen molar-refractivity contribution in [2.24, 2.45) is 0 Å². The van der Waals surface area contributed by atoms with E-state index >= 15 is 0 Å². The van der Waals surface area contributed by atoms with E-state index in [1.807, 2.05) is 18.2 Å². The van der Waals surface area contributed by atoms with Crippen LogP contribution in [0.2, 0.25) is 0 Å². The first-order valence-corrected chi connectivity index (χ1v) is 10.7. The maximum Gasteiger partial charge on any atom is 0.256 e. The summed E-state index contributed by atoms with van der Waals surface area (Å²) >= 11 is 1.39. The molecule has 2 aromatic carbocycles. The molecular weight excluding hydrogens is 413 g/mol. The molecule has 154 valence electrons. The van der Waals surface area contributed by atoms with Gasteiger partial charge in [-0.25, -0.2) is 19.3 Å².